The summed E-state index contributed by atoms with van der Waals surface area (Å²) in [5, 5.41) is 12.1. The number of hydrogen-bond acceptors (Lipinski definition) is 4. The van der Waals surface area contributed by atoms with Crippen LogP contribution < -0.4 is 5.32 Å². The van der Waals surface area contributed by atoms with Crippen LogP contribution in [0.1, 0.15) is 22.7 Å². The van der Waals surface area contributed by atoms with Gasteiger partial charge in [-0.25, -0.2) is 0 Å². The smallest absolute Gasteiger partial charge is 0.242 e. The quantitative estimate of drug-likeness (QED) is 0.900. The van der Waals surface area contributed by atoms with Crippen LogP contribution >= 0.6 is 0 Å². The molecule has 2 aromatic rings. The van der Waals surface area contributed by atoms with Gasteiger partial charge in [0.1, 0.15) is 6.04 Å². The first kappa shape index (κ1) is 18.1. The maximum absolute atomic E-state index is 13.0. The van der Waals surface area contributed by atoms with Crippen LogP contribution in [0.2, 0.25) is 0 Å². The Balaban J connectivity index is 1.73. The van der Waals surface area contributed by atoms with Crippen molar-refractivity contribution in [2.24, 2.45) is 0 Å². The molecule has 26 heavy (non-hydrogen) atoms. The highest BCUT2D eigenvalue weighted by Crippen LogP contribution is 2.22. The van der Waals surface area contributed by atoms with Crippen LogP contribution in [0.5, 0.6) is 0 Å². The predicted octanol–water partition coefficient (Wildman–Crippen LogP) is 2.16. The Bertz CT molecular complexity index is 776. The molecule has 2 aromatic carbocycles. The van der Waals surface area contributed by atoms with Gasteiger partial charge in [-0.1, -0.05) is 42.5 Å². The van der Waals surface area contributed by atoms with Crippen LogP contribution in [-0.4, -0.2) is 48.9 Å². The van der Waals surface area contributed by atoms with E-state index in [4.69, 9.17) is 5.26 Å². The van der Waals surface area contributed by atoms with Gasteiger partial charge in [-0.05, 0) is 30.3 Å². The van der Waals surface area contributed by atoms with Crippen molar-refractivity contribution in [3.05, 3.63) is 71.3 Å². The fraction of sp³-hybridized carbons (Fsp3) is 0.333. The van der Waals surface area contributed by atoms with Crippen molar-refractivity contribution in [3.63, 3.8) is 0 Å². The number of nitriles is 1. The number of benzene rings is 2. The van der Waals surface area contributed by atoms with Gasteiger partial charge in [0, 0.05) is 32.7 Å². The largest absolute Gasteiger partial charge is 0.350 e. The summed E-state index contributed by atoms with van der Waals surface area (Å²) >= 11 is 0. The third-order valence-corrected chi connectivity index (χ3v) is 4.79. The van der Waals surface area contributed by atoms with Gasteiger partial charge < -0.3 is 10.2 Å². The van der Waals surface area contributed by atoms with Gasteiger partial charge >= 0.3 is 0 Å². The summed E-state index contributed by atoms with van der Waals surface area (Å²) in [4.78, 5) is 17.5. The van der Waals surface area contributed by atoms with Crippen molar-refractivity contribution in [2.75, 3.05) is 33.2 Å². The number of carbonyl (C=O) groups is 1. The van der Waals surface area contributed by atoms with Gasteiger partial charge in [-0.15, -0.1) is 0 Å². The molecular formula is C21H24N4O. The minimum absolute atomic E-state index is 0.00288. The molecule has 0 bridgehead atoms. The zero-order valence-corrected chi connectivity index (χ0v) is 15.1. The first-order valence-electron chi connectivity index (χ1n) is 8.91. The molecule has 0 saturated carbocycles. The van der Waals surface area contributed by atoms with Crippen molar-refractivity contribution < 1.29 is 4.79 Å². The lowest BCUT2D eigenvalue weighted by molar-refractivity contribution is -0.127. The fourth-order valence-corrected chi connectivity index (χ4v) is 3.28. The predicted molar refractivity (Wildman–Crippen MR) is 101 cm³/mol. The van der Waals surface area contributed by atoms with Crippen molar-refractivity contribution in [1.29, 1.82) is 5.26 Å². The average Bonchev–Trinajstić information content (AvgIpc) is 2.69. The summed E-state index contributed by atoms with van der Waals surface area (Å²) in [7, 11) is 2.11. The fourth-order valence-electron chi connectivity index (χ4n) is 3.28. The van der Waals surface area contributed by atoms with Gasteiger partial charge in [-0.3, -0.25) is 9.69 Å². The summed E-state index contributed by atoms with van der Waals surface area (Å²) < 4.78 is 0. The second-order valence-corrected chi connectivity index (χ2v) is 6.68. The summed E-state index contributed by atoms with van der Waals surface area (Å²) in [6.07, 6.45) is 0. The Kier molecular flexibility index (Phi) is 6.00. The molecule has 0 spiro atoms. The van der Waals surface area contributed by atoms with E-state index in [1.54, 1.807) is 6.07 Å². The van der Waals surface area contributed by atoms with Crippen LogP contribution in [0.25, 0.3) is 0 Å². The third kappa shape index (κ3) is 4.48. The zero-order chi connectivity index (χ0) is 18.4. The van der Waals surface area contributed by atoms with Crippen LogP contribution in [-0.2, 0) is 11.3 Å². The van der Waals surface area contributed by atoms with E-state index in [9.17, 15) is 4.79 Å². The summed E-state index contributed by atoms with van der Waals surface area (Å²) in [5.41, 5.74) is 2.55. The Morgan fingerprint density at radius 2 is 1.85 bits per heavy atom. The van der Waals surface area contributed by atoms with Crippen LogP contribution in [0.15, 0.2) is 54.6 Å². The lowest BCUT2D eigenvalue weighted by Gasteiger charge is -2.37. The van der Waals surface area contributed by atoms with E-state index in [1.165, 1.54) is 0 Å². The molecule has 5 nitrogen and oxygen atoms in total. The standard InChI is InChI=1S/C21H24N4O/c1-24-10-12-25(13-11-24)20(19-8-3-2-4-9-19)21(26)23-16-18-7-5-6-17(14-18)15-22/h2-9,14,20H,10-13,16H2,1H3,(H,23,26). The molecule has 1 unspecified atom stereocenters. The Morgan fingerprint density at radius 3 is 2.54 bits per heavy atom. The van der Waals surface area contributed by atoms with E-state index in [2.05, 4.69) is 28.2 Å². The topological polar surface area (TPSA) is 59.4 Å². The van der Waals surface area contributed by atoms with E-state index in [-0.39, 0.29) is 11.9 Å². The molecule has 1 aliphatic rings. The second-order valence-electron chi connectivity index (χ2n) is 6.68. The molecule has 0 aromatic heterocycles. The summed E-state index contributed by atoms with van der Waals surface area (Å²) in [6, 6.07) is 19.1. The molecule has 0 radical (unpaired) electrons. The van der Waals surface area contributed by atoms with Crippen LogP contribution in [0.4, 0.5) is 0 Å². The molecule has 1 N–H and O–H groups in total. The lowest BCUT2D eigenvalue weighted by atomic mass is 10.0. The first-order chi connectivity index (χ1) is 12.7. The average molecular weight is 348 g/mol. The van der Waals surface area contributed by atoms with E-state index in [0.717, 1.165) is 37.3 Å². The number of carbonyl (C=O) groups excluding carboxylic acids is 1. The normalized spacial score (nSPS) is 16.6. The monoisotopic (exact) mass is 348 g/mol. The lowest BCUT2D eigenvalue weighted by Crippen LogP contribution is -2.49. The highest BCUT2D eigenvalue weighted by atomic mass is 16.2. The minimum atomic E-state index is -0.288. The summed E-state index contributed by atoms with van der Waals surface area (Å²) in [6.45, 7) is 4.08. The number of hydrogen-bond donors (Lipinski definition) is 1. The molecule has 134 valence electrons. The van der Waals surface area contributed by atoms with E-state index in [1.807, 2.05) is 48.5 Å². The van der Waals surface area contributed by atoms with E-state index >= 15 is 0 Å². The van der Waals surface area contributed by atoms with Gasteiger partial charge in [0.2, 0.25) is 5.91 Å². The van der Waals surface area contributed by atoms with Crippen molar-refractivity contribution in [2.45, 2.75) is 12.6 Å². The van der Waals surface area contributed by atoms with E-state index in [0.29, 0.717) is 12.1 Å². The van der Waals surface area contributed by atoms with Gasteiger partial charge in [0.05, 0.1) is 11.6 Å². The van der Waals surface area contributed by atoms with Crippen molar-refractivity contribution in [1.82, 2.24) is 15.1 Å². The van der Waals surface area contributed by atoms with Crippen LogP contribution in [0, 0.1) is 11.3 Å². The number of rotatable bonds is 5. The van der Waals surface area contributed by atoms with Gasteiger partial charge in [0.15, 0.2) is 0 Å². The molecule has 3 rings (SSSR count). The molecule has 1 amide bonds. The Hall–Kier alpha value is -2.68. The minimum Gasteiger partial charge on any atom is -0.350 e. The molecule has 1 aliphatic heterocycles. The Labute approximate surface area is 154 Å². The van der Waals surface area contributed by atoms with Gasteiger partial charge in [0.25, 0.3) is 0 Å². The van der Waals surface area contributed by atoms with Gasteiger partial charge in [-0.2, -0.15) is 5.26 Å². The van der Waals surface area contributed by atoms with Crippen LogP contribution in [0.3, 0.4) is 0 Å². The molecule has 1 fully saturated rings. The summed E-state index contributed by atoms with van der Waals surface area (Å²) in [5.74, 6) is 0.00288. The maximum atomic E-state index is 13.0. The molecule has 1 atom stereocenters. The number of likely N-dealkylation sites (N-methyl/N-ethyl adjacent to an activating group) is 1. The maximum Gasteiger partial charge on any atom is 0.242 e. The number of nitrogens with zero attached hydrogens (tertiary/aromatic N) is 3. The molecule has 5 heteroatoms. The van der Waals surface area contributed by atoms with Crippen molar-refractivity contribution >= 4 is 5.91 Å². The molecular weight excluding hydrogens is 324 g/mol. The number of piperazine rings is 1. The highest BCUT2D eigenvalue weighted by Gasteiger charge is 2.29. The number of nitrogens with one attached hydrogen (secondary N) is 1. The van der Waals surface area contributed by atoms with E-state index < -0.39 is 0 Å². The first-order valence-corrected chi connectivity index (χ1v) is 8.91. The SMILES string of the molecule is CN1CCN(C(C(=O)NCc2cccc(C#N)c2)c2ccccc2)CC1. The second kappa shape index (κ2) is 8.61. The highest BCUT2D eigenvalue weighted by molar-refractivity contribution is 5.83. The third-order valence-electron chi connectivity index (χ3n) is 4.79. The van der Waals surface area contributed by atoms with Crippen molar-refractivity contribution in [3.8, 4) is 6.07 Å². The number of amides is 1. The zero-order valence-electron chi connectivity index (χ0n) is 15.1. The molecule has 0 aliphatic carbocycles. The Morgan fingerprint density at radius 1 is 1.12 bits per heavy atom. The molecule has 1 heterocycles. The molecule has 1 saturated heterocycles.